The number of nitrogens with one attached hydrogen (secondary N) is 2. The SMILES string of the molecule is COc1ccc2[nH]cc(C(C)(C)C(=O)Nc3c(F)cccc3F)c2c1. The Balaban J connectivity index is 1.99. The third-order valence-electron chi connectivity index (χ3n) is 4.33. The smallest absolute Gasteiger partial charge is 0.234 e. The predicted octanol–water partition coefficient (Wildman–Crippen LogP) is 4.37. The number of carbonyl (C=O) groups excluding carboxylic acids is 1. The first-order valence-electron chi connectivity index (χ1n) is 7.75. The molecule has 0 spiro atoms. The second kappa shape index (κ2) is 6.20. The fourth-order valence-electron chi connectivity index (χ4n) is 2.75. The van der Waals surface area contributed by atoms with Gasteiger partial charge in [-0.3, -0.25) is 4.79 Å². The molecule has 4 nitrogen and oxygen atoms in total. The van der Waals surface area contributed by atoms with Crippen molar-refractivity contribution in [3.63, 3.8) is 0 Å². The van der Waals surface area contributed by atoms with Crippen molar-refractivity contribution in [3.8, 4) is 5.75 Å². The Morgan fingerprint density at radius 1 is 1.16 bits per heavy atom. The molecule has 130 valence electrons. The van der Waals surface area contributed by atoms with E-state index in [0.717, 1.165) is 23.0 Å². The molecule has 3 rings (SSSR count). The molecule has 0 atom stereocenters. The number of rotatable bonds is 4. The second-order valence-corrected chi connectivity index (χ2v) is 6.29. The molecule has 1 heterocycles. The Hall–Kier alpha value is -2.89. The first-order valence-corrected chi connectivity index (χ1v) is 7.75. The highest BCUT2D eigenvalue weighted by molar-refractivity contribution is 6.02. The summed E-state index contributed by atoms with van der Waals surface area (Å²) in [5.74, 6) is -1.49. The highest BCUT2D eigenvalue weighted by Gasteiger charge is 2.33. The molecule has 0 radical (unpaired) electrons. The fourth-order valence-corrected chi connectivity index (χ4v) is 2.75. The van der Waals surface area contributed by atoms with Crippen LogP contribution in [0.15, 0.2) is 42.6 Å². The van der Waals surface area contributed by atoms with Gasteiger partial charge in [-0.1, -0.05) is 6.07 Å². The number of amides is 1. The normalized spacial score (nSPS) is 11.6. The maximum atomic E-state index is 13.8. The molecule has 6 heteroatoms. The Kier molecular flexibility index (Phi) is 4.20. The van der Waals surface area contributed by atoms with E-state index in [-0.39, 0.29) is 0 Å². The molecule has 0 bridgehead atoms. The number of hydrogen-bond acceptors (Lipinski definition) is 2. The van der Waals surface area contributed by atoms with Crippen molar-refractivity contribution < 1.29 is 18.3 Å². The number of aromatic nitrogens is 1. The number of fused-ring (bicyclic) bond motifs is 1. The molecule has 2 aromatic carbocycles. The summed E-state index contributed by atoms with van der Waals surface area (Å²) in [7, 11) is 1.56. The van der Waals surface area contributed by atoms with Gasteiger partial charge in [0.15, 0.2) is 0 Å². The van der Waals surface area contributed by atoms with Crippen LogP contribution in [0.1, 0.15) is 19.4 Å². The third kappa shape index (κ3) is 2.95. The average molecular weight is 344 g/mol. The van der Waals surface area contributed by atoms with Gasteiger partial charge in [-0.2, -0.15) is 0 Å². The predicted molar refractivity (Wildman–Crippen MR) is 92.9 cm³/mol. The van der Waals surface area contributed by atoms with E-state index in [1.54, 1.807) is 27.2 Å². The zero-order chi connectivity index (χ0) is 18.2. The molecule has 0 aliphatic carbocycles. The Morgan fingerprint density at radius 3 is 2.48 bits per heavy atom. The van der Waals surface area contributed by atoms with Gasteiger partial charge in [0.2, 0.25) is 5.91 Å². The molecule has 0 fully saturated rings. The van der Waals surface area contributed by atoms with Crippen molar-refractivity contribution in [1.82, 2.24) is 4.98 Å². The van der Waals surface area contributed by atoms with Crippen LogP contribution in [0.2, 0.25) is 0 Å². The number of halogens is 2. The number of carbonyl (C=O) groups is 1. The number of hydrogen-bond donors (Lipinski definition) is 2. The van der Waals surface area contributed by atoms with Gasteiger partial charge in [-0.25, -0.2) is 8.78 Å². The van der Waals surface area contributed by atoms with Crippen LogP contribution >= 0.6 is 0 Å². The highest BCUT2D eigenvalue weighted by atomic mass is 19.1. The van der Waals surface area contributed by atoms with Crippen molar-refractivity contribution in [3.05, 3.63) is 59.8 Å². The summed E-state index contributed by atoms with van der Waals surface area (Å²) in [5.41, 5.74) is 0.0710. The Labute approximate surface area is 143 Å². The molecule has 3 aromatic rings. The first-order chi connectivity index (χ1) is 11.8. The molecule has 0 aliphatic heterocycles. The molecule has 1 aromatic heterocycles. The number of methoxy groups -OCH3 is 1. The number of ether oxygens (including phenoxy) is 1. The number of benzene rings is 2. The van der Waals surface area contributed by atoms with E-state index in [4.69, 9.17) is 4.74 Å². The van der Waals surface area contributed by atoms with Crippen molar-refractivity contribution >= 4 is 22.5 Å². The molecule has 2 N–H and O–H groups in total. The molecular formula is C19H18F2N2O2. The molecule has 0 saturated carbocycles. The van der Waals surface area contributed by atoms with E-state index in [1.807, 2.05) is 18.2 Å². The number of para-hydroxylation sites is 1. The van der Waals surface area contributed by atoms with E-state index in [9.17, 15) is 13.6 Å². The molecule has 0 aliphatic rings. The maximum absolute atomic E-state index is 13.8. The van der Waals surface area contributed by atoms with E-state index >= 15 is 0 Å². The van der Waals surface area contributed by atoms with Crippen molar-refractivity contribution in [2.24, 2.45) is 0 Å². The summed E-state index contributed by atoms with van der Waals surface area (Å²) in [6.45, 7) is 3.40. The quantitative estimate of drug-likeness (QED) is 0.738. The third-order valence-corrected chi connectivity index (χ3v) is 4.33. The number of aromatic amines is 1. The second-order valence-electron chi connectivity index (χ2n) is 6.29. The highest BCUT2D eigenvalue weighted by Crippen LogP contribution is 2.34. The molecule has 0 saturated heterocycles. The lowest BCUT2D eigenvalue weighted by atomic mass is 9.83. The number of anilines is 1. The van der Waals surface area contributed by atoms with Gasteiger partial charge in [-0.15, -0.1) is 0 Å². The monoisotopic (exact) mass is 344 g/mol. The van der Waals surface area contributed by atoms with Gasteiger partial charge in [0.05, 0.1) is 12.5 Å². The summed E-state index contributed by atoms with van der Waals surface area (Å²) in [6.07, 6.45) is 1.72. The maximum Gasteiger partial charge on any atom is 0.234 e. The standard InChI is InChI=1S/C19H18F2N2O2/c1-19(2,18(24)23-17-14(20)5-4-6-15(17)21)13-10-22-16-8-7-11(25-3)9-12(13)16/h4-10,22H,1-3H3,(H,23,24). The van der Waals surface area contributed by atoms with E-state index in [1.165, 1.54) is 6.07 Å². The summed E-state index contributed by atoms with van der Waals surface area (Å²) in [6, 6.07) is 8.92. The first kappa shape index (κ1) is 17.0. The van der Waals surface area contributed by atoms with Gasteiger partial charge in [0.25, 0.3) is 0 Å². The molecule has 0 unspecified atom stereocenters. The molecule has 1 amide bonds. The van der Waals surface area contributed by atoms with Gasteiger partial charge < -0.3 is 15.0 Å². The topological polar surface area (TPSA) is 54.1 Å². The van der Waals surface area contributed by atoms with Gasteiger partial charge in [0, 0.05) is 17.1 Å². The summed E-state index contributed by atoms with van der Waals surface area (Å²) >= 11 is 0. The van der Waals surface area contributed by atoms with Crippen LogP contribution in [-0.2, 0) is 10.2 Å². The fraction of sp³-hybridized carbons (Fsp3) is 0.211. The van der Waals surface area contributed by atoms with Crippen LogP contribution in [0.5, 0.6) is 5.75 Å². The minimum Gasteiger partial charge on any atom is -0.497 e. The lowest BCUT2D eigenvalue weighted by Crippen LogP contribution is -2.35. The van der Waals surface area contributed by atoms with Crippen LogP contribution in [0.4, 0.5) is 14.5 Å². The van der Waals surface area contributed by atoms with Gasteiger partial charge >= 0.3 is 0 Å². The Bertz CT molecular complexity index is 927. The minimum absolute atomic E-state index is 0.446. The molecular weight excluding hydrogens is 326 g/mol. The lowest BCUT2D eigenvalue weighted by molar-refractivity contribution is -0.120. The molecule has 25 heavy (non-hydrogen) atoms. The van der Waals surface area contributed by atoms with Crippen LogP contribution in [0.25, 0.3) is 10.9 Å². The summed E-state index contributed by atoms with van der Waals surface area (Å²) < 4.78 is 32.9. The van der Waals surface area contributed by atoms with Crippen LogP contribution in [-0.4, -0.2) is 18.0 Å². The van der Waals surface area contributed by atoms with Crippen LogP contribution in [0, 0.1) is 11.6 Å². The summed E-state index contributed by atoms with van der Waals surface area (Å²) in [5, 5.41) is 3.18. The largest absolute Gasteiger partial charge is 0.497 e. The Morgan fingerprint density at radius 2 is 1.84 bits per heavy atom. The van der Waals surface area contributed by atoms with Crippen molar-refractivity contribution in [2.75, 3.05) is 12.4 Å². The van der Waals surface area contributed by atoms with Crippen LogP contribution < -0.4 is 10.1 Å². The van der Waals surface area contributed by atoms with E-state index in [2.05, 4.69) is 10.3 Å². The van der Waals surface area contributed by atoms with E-state index < -0.39 is 28.6 Å². The average Bonchev–Trinajstić information content (AvgIpc) is 3.01. The van der Waals surface area contributed by atoms with E-state index in [0.29, 0.717) is 11.3 Å². The van der Waals surface area contributed by atoms with Crippen molar-refractivity contribution in [1.29, 1.82) is 0 Å². The van der Waals surface area contributed by atoms with Crippen molar-refractivity contribution in [2.45, 2.75) is 19.3 Å². The number of H-pyrrole nitrogens is 1. The zero-order valence-corrected chi connectivity index (χ0v) is 14.1. The zero-order valence-electron chi connectivity index (χ0n) is 14.1. The van der Waals surface area contributed by atoms with Crippen LogP contribution in [0.3, 0.4) is 0 Å². The minimum atomic E-state index is -1.03. The summed E-state index contributed by atoms with van der Waals surface area (Å²) in [4.78, 5) is 15.8. The van der Waals surface area contributed by atoms with Gasteiger partial charge in [-0.05, 0) is 49.7 Å². The van der Waals surface area contributed by atoms with Gasteiger partial charge in [0.1, 0.15) is 23.1 Å². The lowest BCUT2D eigenvalue weighted by Gasteiger charge is -2.24.